The summed E-state index contributed by atoms with van der Waals surface area (Å²) in [6, 6.07) is 87.9. The molecule has 3 aliphatic rings. The third kappa shape index (κ3) is 4.49. The summed E-state index contributed by atoms with van der Waals surface area (Å²) in [6.07, 6.45) is 0. The van der Waals surface area contributed by atoms with Crippen molar-refractivity contribution in [1.82, 2.24) is 0 Å². The first kappa shape index (κ1) is 35.4. The van der Waals surface area contributed by atoms with Crippen LogP contribution in [-0.4, -0.2) is 0 Å². The van der Waals surface area contributed by atoms with Gasteiger partial charge in [0.2, 0.25) is 0 Å². The highest BCUT2D eigenvalue weighted by Crippen LogP contribution is 2.67. The molecule has 0 unspecified atom stereocenters. The minimum atomic E-state index is -0.575. The Morgan fingerprint density at radius 2 is 0.734 bits per heavy atom. The summed E-state index contributed by atoms with van der Waals surface area (Å²) < 4.78 is 6.33. The number of benzene rings is 10. The number of fused-ring (bicyclic) bond motifs is 19. The maximum atomic E-state index is 6.33. The third-order valence-corrected chi connectivity index (χ3v) is 14.6. The molecule has 10 aromatic carbocycles. The van der Waals surface area contributed by atoms with Crippen LogP contribution in [0.15, 0.2) is 241 Å². The van der Waals surface area contributed by atoms with Crippen LogP contribution in [0.5, 0.6) is 0 Å². The highest BCUT2D eigenvalue weighted by atomic mass is 16.3. The van der Waals surface area contributed by atoms with Crippen molar-refractivity contribution in [2.45, 2.75) is 10.8 Å². The zero-order valence-electron chi connectivity index (χ0n) is 34.9. The Morgan fingerprint density at radius 3 is 1.34 bits per heavy atom. The largest absolute Gasteiger partial charge is 0.456 e. The quantitative estimate of drug-likeness (QED) is 0.176. The number of rotatable bonds is 4. The molecular formula is C62H39NO. The topological polar surface area (TPSA) is 16.4 Å². The van der Waals surface area contributed by atoms with Crippen molar-refractivity contribution in [3.8, 4) is 33.4 Å². The minimum Gasteiger partial charge on any atom is -0.456 e. The van der Waals surface area contributed by atoms with Crippen molar-refractivity contribution in [1.29, 1.82) is 0 Å². The Kier molecular flexibility index (Phi) is 7.28. The van der Waals surface area contributed by atoms with Gasteiger partial charge in [0, 0.05) is 27.7 Å². The van der Waals surface area contributed by atoms with Gasteiger partial charge in [-0.25, -0.2) is 0 Å². The number of hydrogen-bond donors (Lipinski definition) is 0. The Bertz CT molecular complexity index is 3610. The Morgan fingerprint density at radius 1 is 0.281 bits per heavy atom. The standard InChI is InChI=1S/C62H39NO/c1-2-18-41(19-3-1)63(42-35-37-60-49(39-42)48-25-9-17-33-59(48)64-60)58-32-16-8-20-43(58)40-34-36-56-57(38-40)62(52-28-12-6-23-46(52)47-24-7-13-29-53(47)62)55-31-15-14-30-54(55)61(56)50-26-10-4-21-44(50)45-22-5-11-27-51(45)61/h1-39H. The average Bonchev–Trinajstić information content (AvgIpc) is 3.99. The number of para-hydroxylation sites is 3. The second-order valence-electron chi connectivity index (χ2n) is 17.5. The second-order valence-corrected chi connectivity index (χ2v) is 17.5. The molecule has 0 bridgehead atoms. The molecule has 0 saturated heterocycles. The van der Waals surface area contributed by atoms with Crippen LogP contribution in [0.1, 0.15) is 44.5 Å². The molecule has 1 heterocycles. The summed E-state index contributed by atoms with van der Waals surface area (Å²) in [6.45, 7) is 0. The molecule has 0 fully saturated rings. The molecule has 3 aliphatic carbocycles. The van der Waals surface area contributed by atoms with Gasteiger partial charge in [-0.05, 0) is 121 Å². The fourth-order valence-electron chi connectivity index (χ4n) is 12.2. The molecule has 2 spiro atoms. The number of nitrogens with zero attached hydrogens (tertiary/aromatic N) is 1. The van der Waals surface area contributed by atoms with E-state index in [2.05, 4.69) is 235 Å². The molecule has 0 aliphatic heterocycles. The highest BCUT2D eigenvalue weighted by molar-refractivity contribution is 6.07. The zero-order chi connectivity index (χ0) is 42.0. The summed E-state index contributed by atoms with van der Waals surface area (Å²) in [5.74, 6) is 0. The molecule has 2 nitrogen and oxygen atoms in total. The normalized spacial score (nSPS) is 14.2. The van der Waals surface area contributed by atoms with Gasteiger partial charge in [0.1, 0.15) is 11.2 Å². The van der Waals surface area contributed by atoms with Gasteiger partial charge in [-0.3, -0.25) is 0 Å². The van der Waals surface area contributed by atoms with E-state index in [4.69, 9.17) is 4.42 Å². The summed E-state index contributed by atoms with van der Waals surface area (Å²) in [5.41, 5.74) is 22.1. The molecule has 1 aromatic heterocycles. The Labute approximate surface area is 372 Å². The van der Waals surface area contributed by atoms with Gasteiger partial charge in [-0.1, -0.05) is 188 Å². The number of anilines is 3. The van der Waals surface area contributed by atoms with Crippen LogP contribution in [0.3, 0.4) is 0 Å². The lowest BCUT2D eigenvalue weighted by molar-refractivity contribution is 0.633. The number of furan rings is 1. The van der Waals surface area contributed by atoms with Crippen LogP contribution in [0.2, 0.25) is 0 Å². The van der Waals surface area contributed by atoms with Crippen molar-refractivity contribution in [2.24, 2.45) is 0 Å². The van der Waals surface area contributed by atoms with E-state index in [-0.39, 0.29) is 0 Å². The monoisotopic (exact) mass is 813 g/mol. The summed E-state index contributed by atoms with van der Waals surface area (Å²) >= 11 is 0. The first-order chi connectivity index (χ1) is 31.8. The summed E-state index contributed by atoms with van der Waals surface area (Å²) in [4.78, 5) is 2.41. The van der Waals surface area contributed by atoms with E-state index >= 15 is 0 Å². The lowest BCUT2D eigenvalue weighted by Gasteiger charge is -2.49. The molecule has 14 rings (SSSR count). The molecule has 11 aromatic rings. The maximum Gasteiger partial charge on any atom is 0.135 e. The van der Waals surface area contributed by atoms with Crippen LogP contribution in [-0.2, 0) is 10.8 Å². The molecule has 298 valence electrons. The van der Waals surface area contributed by atoms with Crippen molar-refractivity contribution < 1.29 is 4.42 Å². The van der Waals surface area contributed by atoms with E-state index in [1.54, 1.807) is 0 Å². The SMILES string of the molecule is c1ccc(N(c2ccc3oc4ccccc4c3c2)c2ccccc2-c2ccc3c(c2)C2(c4ccccc4-c4ccccc42)c2ccccc2C32c3ccccc3-c3ccccc32)cc1. The van der Waals surface area contributed by atoms with Crippen LogP contribution >= 0.6 is 0 Å². The summed E-state index contributed by atoms with van der Waals surface area (Å²) in [7, 11) is 0. The van der Waals surface area contributed by atoms with E-state index in [0.29, 0.717) is 0 Å². The molecular weight excluding hydrogens is 775 g/mol. The minimum absolute atomic E-state index is 0.534. The predicted octanol–water partition coefficient (Wildman–Crippen LogP) is 15.8. The first-order valence-electron chi connectivity index (χ1n) is 22.3. The van der Waals surface area contributed by atoms with Gasteiger partial charge in [0.05, 0.1) is 16.5 Å². The van der Waals surface area contributed by atoms with E-state index in [1.165, 1.54) is 72.3 Å². The van der Waals surface area contributed by atoms with E-state index in [0.717, 1.165) is 44.6 Å². The smallest absolute Gasteiger partial charge is 0.135 e. The van der Waals surface area contributed by atoms with Crippen molar-refractivity contribution >= 4 is 39.0 Å². The van der Waals surface area contributed by atoms with Crippen LogP contribution in [0, 0.1) is 0 Å². The predicted molar refractivity (Wildman–Crippen MR) is 262 cm³/mol. The highest BCUT2D eigenvalue weighted by Gasteiger charge is 2.59. The third-order valence-electron chi connectivity index (χ3n) is 14.6. The van der Waals surface area contributed by atoms with Gasteiger partial charge in [0.15, 0.2) is 0 Å². The Hall–Kier alpha value is -8.20. The molecule has 0 N–H and O–H groups in total. The van der Waals surface area contributed by atoms with Crippen LogP contribution in [0.25, 0.3) is 55.3 Å². The van der Waals surface area contributed by atoms with Gasteiger partial charge in [-0.15, -0.1) is 0 Å². The fraction of sp³-hybridized carbons (Fsp3) is 0.0323. The average molecular weight is 814 g/mol. The molecule has 2 heteroatoms. The fourth-order valence-corrected chi connectivity index (χ4v) is 12.2. The van der Waals surface area contributed by atoms with Gasteiger partial charge in [0.25, 0.3) is 0 Å². The first-order valence-corrected chi connectivity index (χ1v) is 22.3. The molecule has 0 atom stereocenters. The molecule has 0 radical (unpaired) electrons. The van der Waals surface area contributed by atoms with Crippen LogP contribution in [0.4, 0.5) is 17.1 Å². The van der Waals surface area contributed by atoms with Crippen LogP contribution < -0.4 is 4.90 Å². The number of hydrogen-bond acceptors (Lipinski definition) is 2. The zero-order valence-corrected chi connectivity index (χ0v) is 34.9. The van der Waals surface area contributed by atoms with E-state index in [1.807, 2.05) is 6.07 Å². The van der Waals surface area contributed by atoms with Gasteiger partial charge >= 0.3 is 0 Å². The molecule has 0 saturated carbocycles. The lowest BCUT2D eigenvalue weighted by atomic mass is 9.52. The van der Waals surface area contributed by atoms with Gasteiger partial charge < -0.3 is 9.32 Å². The van der Waals surface area contributed by atoms with Gasteiger partial charge in [-0.2, -0.15) is 0 Å². The van der Waals surface area contributed by atoms with E-state index < -0.39 is 10.8 Å². The van der Waals surface area contributed by atoms with Crippen molar-refractivity contribution in [2.75, 3.05) is 4.90 Å². The lowest BCUT2D eigenvalue weighted by Crippen LogP contribution is -2.43. The van der Waals surface area contributed by atoms with Crippen molar-refractivity contribution in [3.05, 3.63) is 281 Å². The summed E-state index contributed by atoms with van der Waals surface area (Å²) in [5, 5.41) is 2.21. The molecule has 64 heavy (non-hydrogen) atoms. The Balaban J connectivity index is 1.08. The van der Waals surface area contributed by atoms with Crippen molar-refractivity contribution in [3.63, 3.8) is 0 Å². The molecule has 0 amide bonds. The maximum absolute atomic E-state index is 6.33. The second kappa shape index (κ2) is 13.2. The van der Waals surface area contributed by atoms with E-state index in [9.17, 15) is 0 Å².